The third-order valence-corrected chi connectivity index (χ3v) is 4.87. The second-order valence-electron chi connectivity index (χ2n) is 6.94. The maximum Gasteiger partial charge on any atom is 0.191 e. The molecular weight excluding hydrogens is 260 g/mol. The molecule has 2 fully saturated rings. The highest BCUT2D eigenvalue weighted by Crippen LogP contribution is 2.18. The zero-order valence-corrected chi connectivity index (χ0v) is 14.2. The van der Waals surface area contributed by atoms with Gasteiger partial charge in [-0.1, -0.05) is 19.8 Å². The van der Waals surface area contributed by atoms with Gasteiger partial charge in [0.05, 0.1) is 6.54 Å². The fraction of sp³-hybridized carbons (Fsp3) is 0.941. The summed E-state index contributed by atoms with van der Waals surface area (Å²) in [5.74, 6) is 1.86. The van der Waals surface area contributed by atoms with Crippen molar-refractivity contribution in [3.05, 3.63) is 0 Å². The van der Waals surface area contributed by atoms with Crippen molar-refractivity contribution in [1.82, 2.24) is 15.5 Å². The summed E-state index contributed by atoms with van der Waals surface area (Å²) in [4.78, 5) is 7.44. The number of aliphatic imine (C=N–C) groups is 1. The first-order chi connectivity index (χ1) is 10.2. The van der Waals surface area contributed by atoms with Gasteiger partial charge in [-0.25, -0.2) is 0 Å². The molecule has 2 atom stereocenters. The lowest BCUT2D eigenvalue weighted by molar-refractivity contribution is 0.142. The van der Waals surface area contributed by atoms with E-state index < -0.39 is 0 Å². The maximum absolute atomic E-state index is 4.83. The predicted octanol–water partition coefficient (Wildman–Crippen LogP) is 2.60. The molecule has 1 heterocycles. The molecule has 1 saturated carbocycles. The Morgan fingerprint density at radius 2 is 2.00 bits per heavy atom. The first-order valence-corrected chi connectivity index (χ1v) is 8.98. The normalized spacial score (nSPS) is 26.8. The number of rotatable bonds is 5. The lowest BCUT2D eigenvalue weighted by Gasteiger charge is -2.35. The van der Waals surface area contributed by atoms with E-state index in [2.05, 4.69) is 36.3 Å². The van der Waals surface area contributed by atoms with E-state index in [4.69, 9.17) is 4.99 Å². The highest BCUT2D eigenvalue weighted by molar-refractivity contribution is 5.80. The van der Waals surface area contributed by atoms with Gasteiger partial charge in [-0.3, -0.25) is 9.89 Å². The Morgan fingerprint density at radius 1 is 1.24 bits per heavy atom. The molecule has 1 saturated heterocycles. The van der Waals surface area contributed by atoms with E-state index in [1.165, 1.54) is 51.6 Å². The Bertz CT molecular complexity index is 323. The van der Waals surface area contributed by atoms with Crippen LogP contribution >= 0.6 is 0 Å². The Hall–Kier alpha value is -0.770. The van der Waals surface area contributed by atoms with Crippen molar-refractivity contribution in [1.29, 1.82) is 0 Å². The highest BCUT2D eigenvalue weighted by Gasteiger charge is 2.21. The summed E-state index contributed by atoms with van der Waals surface area (Å²) in [7, 11) is 0. The molecule has 0 spiro atoms. The summed E-state index contributed by atoms with van der Waals surface area (Å²) < 4.78 is 0. The van der Waals surface area contributed by atoms with Gasteiger partial charge >= 0.3 is 0 Å². The van der Waals surface area contributed by atoms with E-state index in [1.807, 2.05) is 0 Å². The van der Waals surface area contributed by atoms with E-state index in [0.717, 1.165) is 25.0 Å². The van der Waals surface area contributed by atoms with Crippen LogP contribution in [0.3, 0.4) is 0 Å². The number of likely N-dealkylation sites (tertiary alicyclic amines) is 1. The van der Waals surface area contributed by atoms with Crippen LogP contribution in [0.1, 0.15) is 59.3 Å². The number of piperidine rings is 1. The first kappa shape index (κ1) is 16.6. The molecular formula is C17H34N4. The van der Waals surface area contributed by atoms with Crippen molar-refractivity contribution in [2.75, 3.05) is 26.2 Å². The molecule has 0 bridgehead atoms. The van der Waals surface area contributed by atoms with Crippen LogP contribution in [0.15, 0.2) is 4.99 Å². The van der Waals surface area contributed by atoms with Crippen molar-refractivity contribution >= 4 is 5.96 Å². The van der Waals surface area contributed by atoms with E-state index in [1.54, 1.807) is 0 Å². The van der Waals surface area contributed by atoms with Crippen molar-refractivity contribution in [2.45, 2.75) is 71.4 Å². The smallest absolute Gasteiger partial charge is 0.191 e. The van der Waals surface area contributed by atoms with E-state index in [0.29, 0.717) is 12.1 Å². The molecule has 21 heavy (non-hydrogen) atoms. The van der Waals surface area contributed by atoms with Crippen LogP contribution in [-0.2, 0) is 0 Å². The maximum atomic E-state index is 4.83. The van der Waals surface area contributed by atoms with Gasteiger partial charge in [0.25, 0.3) is 0 Å². The van der Waals surface area contributed by atoms with Crippen LogP contribution in [0.4, 0.5) is 0 Å². The summed E-state index contributed by atoms with van der Waals surface area (Å²) in [6.45, 7) is 11.1. The number of hydrogen-bond acceptors (Lipinski definition) is 2. The summed E-state index contributed by atoms with van der Waals surface area (Å²) in [6, 6.07) is 1.18. The Kier molecular flexibility index (Phi) is 6.81. The van der Waals surface area contributed by atoms with Gasteiger partial charge in [-0.15, -0.1) is 0 Å². The molecule has 1 aliphatic carbocycles. The average Bonchev–Trinajstić information content (AvgIpc) is 2.97. The fourth-order valence-corrected chi connectivity index (χ4v) is 3.55. The van der Waals surface area contributed by atoms with Gasteiger partial charge in [0.1, 0.15) is 0 Å². The lowest BCUT2D eigenvalue weighted by atomic mass is 9.99. The number of guanidine groups is 1. The van der Waals surface area contributed by atoms with Crippen LogP contribution < -0.4 is 10.6 Å². The van der Waals surface area contributed by atoms with Gasteiger partial charge in [-0.2, -0.15) is 0 Å². The van der Waals surface area contributed by atoms with Crippen LogP contribution in [0.25, 0.3) is 0 Å². The van der Waals surface area contributed by atoms with Crippen molar-refractivity contribution in [3.8, 4) is 0 Å². The van der Waals surface area contributed by atoms with Crippen LogP contribution in [-0.4, -0.2) is 49.1 Å². The molecule has 0 amide bonds. The number of nitrogens with one attached hydrogen (secondary N) is 2. The average molecular weight is 294 g/mol. The summed E-state index contributed by atoms with van der Waals surface area (Å²) in [5, 5.41) is 7.00. The molecule has 2 rings (SSSR count). The Labute approximate surface area is 130 Å². The molecule has 2 aliphatic rings. The largest absolute Gasteiger partial charge is 0.357 e. The van der Waals surface area contributed by atoms with E-state index in [9.17, 15) is 0 Å². The Morgan fingerprint density at radius 3 is 2.67 bits per heavy atom. The van der Waals surface area contributed by atoms with Gasteiger partial charge in [-0.05, 0) is 52.0 Å². The SMILES string of the molecule is CCNC(=NCC(C)N1CCCC(C)C1)NC1CCCC1. The lowest BCUT2D eigenvalue weighted by Crippen LogP contribution is -2.45. The van der Waals surface area contributed by atoms with E-state index in [-0.39, 0.29) is 0 Å². The minimum Gasteiger partial charge on any atom is -0.357 e. The second-order valence-corrected chi connectivity index (χ2v) is 6.94. The highest BCUT2D eigenvalue weighted by atomic mass is 15.2. The third-order valence-electron chi connectivity index (χ3n) is 4.87. The van der Waals surface area contributed by atoms with Gasteiger partial charge in [0.15, 0.2) is 5.96 Å². The quantitative estimate of drug-likeness (QED) is 0.605. The van der Waals surface area contributed by atoms with Crippen LogP contribution in [0.5, 0.6) is 0 Å². The monoisotopic (exact) mass is 294 g/mol. The van der Waals surface area contributed by atoms with Gasteiger partial charge in [0.2, 0.25) is 0 Å². The molecule has 4 heteroatoms. The third kappa shape index (κ3) is 5.50. The molecule has 0 aromatic carbocycles. The minimum absolute atomic E-state index is 0.548. The van der Waals surface area contributed by atoms with E-state index >= 15 is 0 Å². The standard InChI is InChI=1S/C17H34N4/c1-4-18-17(20-16-9-5-6-10-16)19-12-15(3)21-11-7-8-14(2)13-21/h14-16H,4-13H2,1-3H3,(H2,18,19,20). The number of hydrogen-bond donors (Lipinski definition) is 2. The topological polar surface area (TPSA) is 39.7 Å². The summed E-state index contributed by atoms with van der Waals surface area (Å²) in [5.41, 5.74) is 0. The molecule has 122 valence electrons. The molecule has 2 N–H and O–H groups in total. The molecule has 0 aromatic rings. The van der Waals surface area contributed by atoms with Crippen LogP contribution in [0.2, 0.25) is 0 Å². The minimum atomic E-state index is 0.548. The van der Waals surface area contributed by atoms with Crippen molar-refractivity contribution in [3.63, 3.8) is 0 Å². The molecule has 0 radical (unpaired) electrons. The zero-order valence-electron chi connectivity index (χ0n) is 14.2. The van der Waals surface area contributed by atoms with Gasteiger partial charge in [0, 0.05) is 25.2 Å². The summed E-state index contributed by atoms with van der Waals surface area (Å²) >= 11 is 0. The molecule has 1 aliphatic heterocycles. The first-order valence-electron chi connectivity index (χ1n) is 8.98. The number of nitrogens with zero attached hydrogens (tertiary/aromatic N) is 2. The molecule has 4 nitrogen and oxygen atoms in total. The second kappa shape index (κ2) is 8.62. The van der Waals surface area contributed by atoms with Gasteiger partial charge < -0.3 is 10.6 Å². The van der Waals surface area contributed by atoms with Crippen molar-refractivity contribution in [2.24, 2.45) is 10.9 Å². The molecule has 2 unspecified atom stereocenters. The van der Waals surface area contributed by atoms with Crippen molar-refractivity contribution < 1.29 is 0 Å². The zero-order chi connectivity index (χ0) is 15.1. The fourth-order valence-electron chi connectivity index (χ4n) is 3.55. The Balaban J connectivity index is 1.82. The molecule has 0 aromatic heterocycles. The van der Waals surface area contributed by atoms with Crippen LogP contribution in [0, 0.1) is 5.92 Å². The predicted molar refractivity (Wildman–Crippen MR) is 90.8 cm³/mol. The summed E-state index contributed by atoms with van der Waals surface area (Å²) in [6.07, 6.45) is 8.04.